The van der Waals surface area contributed by atoms with E-state index >= 15 is 0 Å². The molecule has 0 radical (unpaired) electrons. The molecule has 0 saturated heterocycles. The topological polar surface area (TPSA) is 63.1 Å². The first-order chi connectivity index (χ1) is 7.75. The summed E-state index contributed by atoms with van der Waals surface area (Å²) in [6.45, 7) is 0. The van der Waals surface area contributed by atoms with Crippen molar-refractivity contribution in [2.45, 2.75) is 6.42 Å². The van der Waals surface area contributed by atoms with Gasteiger partial charge in [-0.15, -0.1) is 0 Å². The highest BCUT2D eigenvalue weighted by atomic mass is 16.4. The van der Waals surface area contributed by atoms with E-state index < -0.39 is 5.97 Å². The van der Waals surface area contributed by atoms with E-state index in [1.54, 1.807) is 18.3 Å². The summed E-state index contributed by atoms with van der Waals surface area (Å²) in [5.41, 5.74) is 2.30. The van der Waals surface area contributed by atoms with Crippen LogP contribution in [0.4, 0.5) is 0 Å². The van der Waals surface area contributed by atoms with Gasteiger partial charge in [0.25, 0.3) is 0 Å². The average molecular weight is 214 g/mol. The number of hydrogen-bond donors (Lipinski definition) is 1. The van der Waals surface area contributed by atoms with Crippen LogP contribution in [-0.4, -0.2) is 21.0 Å². The van der Waals surface area contributed by atoms with Crippen LogP contribution in [0.2, 0.25) is 0 Å². The van der Waals surface area contributed by atoms with Crippen LogP contribution < -0.4 is 0 Å². The fraction of sp³-hybridized carbons (Fsp3) is 0.0833. The number of carboxylic acid groups (broad SMARTS) is 1. The van der Waals surface area contributed by atoms with Crippen LogP contribution in [0.5, 0.6) is 0 Å². The lowest BCUT2D eigenvalue weighted by Crippen LogP contribution is -1.90. The zero-order chi connectivity index (χ0) is 11.4. The molecule has 16 heavy (non-hydrogen) atoms. The molecule has 0 bridgehead atoms. The van der Waals surface area contributed by atoms with Gasteiger partial charge in [-0.2, -0.15) is 0 Å². The second-order valence-electron chi connectivity index (χ2n) is 3.28. The highest BCUT2D eigenvalue weighted by Crippen LogP contribution is 2.09. The molecule has 0 saturated carbocycles. The standard InChI is InChI=1S/C12H10N2O2/c15-12(16)7-3-4-9-8-13-10-5-1-2-6-11(10)14-9/h1-6,8H,7H2,(H,15,16). The van der Waals surface area contributed by atoms with Crippen molar-refractivity contribution in [3.63, 3.8) is 0 Å². The molecule has 0 amide bonds. The molecule has 1 aromatic heterocycles. The molecule has 0 aliphatic rings. The Labute approximate surface area is 92.3 Å². The first kappa shape index (κ1) is 10.3. The van der Waals surface area contributed by atoms with Crippen molar-refractivity contribution in [1.29, 1.82) is 0 Å². The quantitative estimate of drug-likeness (QED) is 0.849. The highest BCUT2D eigenvalue weighted by Gasteiger charge is 1.96. The number of carbonyl (C=O) groups is 1. The van der Waals surface area contributed by atoms with Crippen molar-refractivity contribution < 1.29 is 9.90 Å². The van der Waals surface area contributed by atoms with E-state index in [-0.39, 0.29) is 6.42 Å². The molecule has 0 fully saturated rings. The van der Waals surface area contributed by atoms with E-state index in [0.717, 1.165) is 11.0 Å². The van der Waals surface area contributed by atoms with Crippen LogP contribution in [0.15, 0.2) is 36.5 Å². The number of aliphatic carboxylic acids is 1. The van der Waals surface area contributed by atoms with E-state index in [1.807, 2.05) is 24.3 Å². The Bertz CT molecular complexity index is 549. The van der Waals surface area contributed by atoms with Gasteiger partial charge in [-0.1, -0.05) is 18.2 Å². The highest BCUT2D eigenvalue weighted by molar-refractivity contribution is 5.75. The molecule has 2 rings (SSSR count). The Hall–Kier alpha value is -2.23. The second kappa shape index (κ2) is 4.53. The number of benzene rings is 1. The number of para-hydroxylation sites is 2. The van der Waals surface area contributed by atoms with Crippen LogP contribution in [0.1, 0.15) is 12.1 Å². The third kappa shape index (κ3) is 2.42. The van der Waals surface area contributed by atoms with Gasteiger partial charge in [0.1, 0.15) is 0 Å². The fourth-order valence-corrected chi connectivity index (χ4v) is 1.33. The van der Waals surface area contributed by atoms with Crippen LogP contribution in [0.3, 0.4) is 0 Å². The molecule has 0 unspecified atom stereocenters. The van der Waals surface area contributed by atoms with Crippen LogP contribution in [0, 0.1) is 0 Å². The van der Waals surface area contributed by atoms with Crippen molar-refractivity contribution in [3.8, 4) is 0 Å². The molecule has 1 aromatic carbocycles. The number of fused-ring (bicyclic) bond motifs is 1. The third-order valence-electron chi connectivity index (χ3n) is 2.05. The lowest BCUT2D eigenvalue weighted by Gasteiger charge is -1.96. The Morgan fingerprint density at radius 1 is 1.31 bits per heavy atom. The van der Waals surface area contributed by atoms with E-state index in [0.29, 0.717) is 5.69 Å². The lowest BCUT2D eigenvalue weighted by molar-refractivity contribution is -0.135. The van der Waals surface area contributed by atoms with Crippen molar-refractivity contribution in [2.75, 3.05) is 0 Å². The smallest absolute Gasteiger partial charge is 0.307 e. The molecule has 80 valence electrons. The van der Waals surface area contributed by atoms with Crippen molar-refractivity contribution in [2.24, 2.45) is 0 Å². The van der Waals surface area contributed by atoms with Crippen LogP contribution >= 0.6 is 0 Å². The minimum Gasteiger partial charge on any atom is -0.481 e. The Morgan fingerprint density at radius 2 is 2.06 bits per heavy atom. The molecule has 1 N–H and O–H groups in total. The largest absolute Gasteiger partial charge is 0.481 e. The Kier molecular flexibility index (Phi) is 2.91. The van der Waals surface area contributed by atoms with Gasteiger partial charge in [0.2, 0.25) is 0 Å². The maximum atomic E-state index is 10.3. The third-order valence-corrected chi connectivity index (χ3v) is 2.05. The normalized spacial score (nSPS) is 11.0. The van der Waals surface area contributed by atoms with Crippen LogP contribution in [-0.2, 0) is 4.79 Å². The number of aromatic nitrogens is 2. The predicted molar refractivity (Wildman–Crippen MR) is 60.8 cm³/mol. The summed E-state index contributed by atoms with van der Waals surface area (Å²) in [5, 5.41) is 8.48. The number of carboxylic acids is 1. The van der Waals surface area contributed by atoms with Gasteiger partial charge in [0.15, 0.2) is 0 Å². The van der Waals surface area contributed by atoms with E-state index in [2.05, 4.69) is 9.97 Å². The van der Waals surface area contributed by atoms with Gasteiger partial charge in [0.05, 0.1) is 29.3 Å². The van der Waals surface area contributed by atoms with E-state index in [4.69, 9.17) is 5.11 Å². The van der Waals surface area contributed by atoms with Crippen molar-refractivity contribution in [3.05, 3.63) is 42.2 Å². The van der Waals surface area contributed by atoms with Gasteiger partial charge in [-0.25, -0.2) is 4.98 Å². The molecule has 4 heteroatoms. The zero-order valence-corrected chi connectivity index (χ0v) is 8.50. The predicted octanol–water partition coefficient (Wildman–Crippen LogP) is 2.12. The van der Waals surface area contributed by atoms with Crippen molar-refractivity contribution in [1.82, 2.24) is 9.97 Å². The molecular weight excluding hydrogens is 204 g/mol. The SMILES string of the molecule is O=C(O)CC=Cc1cnc2ccccc2n1. The Morgan fingerprint density at radius 3 is 2.81 bits per heavy atom. The van der Waals surface area contributed by atoms with Crippen molar-refractivity contribution >= 4 is 23.1 Å². The Balaban J connectivity index is 2.26. The first-order valence-corrected chi connectivity index (χ1v) is 4.86. The number of rotatable bonds is 3. The number of nitrogens with zero attached hydrogens (tertiary/aromatic N) is 2. The maximum Gasteiger partial charge on any atom is 0.307 e. The minimum atomic E-state index is -0.856. The molecule has 0 atom stereocenters. The summed E-state index contributed by atoms with van der Waals surface area (Å²) in [5.74, 6) is -0.856. The summed E-state index contributed by atoms with van der Waals surface area (Å²) >= 11 is 0. The number of hydrogen-bond acceptors (Lipinski definition) is 3. The fourth-order valence-electron chi connectivity index (χ4n) is 1.33. The minimum absolute atomic E-state index is 0.00545. The molecule has 0 aliphatic carbocycles. The summed E-state index contributed by atoms with van der Waals surface area (Å²) in [6, 6.07) is 7.54. The monoisotopic (exact) mass is 214 g/mol. The first-order valence-electron chi connectivity index (χ1n) is 4.86. The molecular formula is C12H10N2O2. The molecule has 0 aliphatic heterocycles. The van der Waals surface area contributed by atoms with Crippen LogP contribution in [0.25, 0.3) is 17.1 Å². The second-order valence-corrected chi connectivity index (χ2v) is 3.28. The van der Waals surface area contributed by atoms with E-state index in [9.17, 15) is 4.79 Å². The summed E-state index contributed by atoms with van der Waals surface area (Å²) in [6.07, 6.45) is 4.84. The zero-order valence-electron chi connectivity index (χ0n) is 8.50. The molecule has 1 heterocycles. The van der Waals surface area contributed by atoms with Gasteiger partial charge >= 0.3 is 5.97 Å². The molecule has 0 spiro atoms. The van der Waals surface area contributed by atoms with Gasteiger partial charge in [-0.05, 0) is 18.2 Å². The van der Waals surface area contributed by atoms with Gasteiger partial charge < -0.3 is 5.11 Å². The summed E-state index contributed by atoms with van der Waals surface area (Å²) < 4.78 is 0. The lowest BCUT2D eigenvalue weighted by atomic mass is 10.3. The molecule has 4 nitrogen and oxygen atoms in total. The maximum absolute atomic E-state index is 10.3. The van der Waals surface area contributed by atoms with E-state index in [1.165, 1.54) is 0 Å². The summed E-state index contributed by atoms with van der Waals surface area (Å²) in [7, 11) is 0. The van der Waals surface area contributed by atoms with Gasteiger partial charge in [0, 0.05) is 0 Å². The average Bonchev–Trinajstić information content (AvgIpc) is 2.28. The van der Waals surface area contributed by atoms with Gasteiger partial charge in [-0.3, -0.25) is 9.78 Å². The summed E-state index contributed by atoms with van der Waals surface area (Å²) in [4.78, 5) is 18.9. The molecule has 2 aromatic rings.